The van der Waals surface area contributed by atoms with Gasteiger partial charge in [0.2, 0.25) is 11.6 Å². The number of rotatable bonds is 5. The highest BCUT2D eigenvalue weighted by molar-refractivity contribution is 6.48. The minimum atomic E-state index is 0.557. The van der Waals surface area contributed by atoms with E-state index in [0.717, 1.165) is 47.2 Å². The van der Waals surface area contributed by atoms with Gasteiger partial charge in [0.15, 0.2) is 0 Å². The molecule has 3 heterocycles. The van der Waals surface area contributed by atoms with E-state index in [9.17, 15) is 0 Å². The Morgan fingerprint density at radius 2 is 1.79 bits per heavy atom. The van der Waals surface area contributed by atoms with Gasteiger partial charge in [-0.25, -0.2) is 9.98 Å². The fourth-order valence-electron chi connectivity index (χ4n) is 3.45. The van der Waals surface area contributed by atoms with Crippen LogP contribution in [0.3, 0.4) is 0 Å². The molecule has 0 aliphatic carbocycles. The van der Waals surface area contributed by atoms with Crippen LogP contribution in [0.5, 0.6) is 0 Å². The molecule has 1 aliphatic heterocycles. The zero-order chi connectivity index (χ0) is 20.7. The molecule has 8 heteroatoms. The maximum absolute atomic E-state index is 4.88. The van der Waals surface area contributed by atoms with Crippen LogP contribution in [-0.4, -0.2) is 49.2 Å². The minimum absolute atomic E-state index is 0.557. The van der Waals surface area contributed by atoms with Crippen molar-refractivity contribution < 1.29 is 0 Å². The first-order valence-electron chi connectivity index (χ1n) is 9.90. The lowest BCUT2D eigenvalue weighted by molar-refractivity contribution is 0.733. The number of benzene rings is 1. The SMILES string of the molecule is CCN(CC)c1ccc(N=C2C(C)=Nn3nc(-c4cc(C)n(C)n4)nc32)c(C)c1. The molecule has 29 heavy (non-hydrogen) atoms. The number of aromatic nitrogens is 5. The molecule has 0 atom stereocenters. The summed E-state index contributed by atoms with van der Waals surface area (Å²) in [6.45, 7) is 12.3. The molecule has 8 nitrogen and oxygen atoms in total. The largest absolute Gasteiger partial charge is 0.372 e. The molecule has 0 amide bonds. The summed E-state index contributed by atoms with van der Waals surface area (Å²) >= 11 is 0. The highest BCUT2D eigenvalue weighted by Gasteiger charge is 2.26. The van der Waals surface area contributed by atoms with E-state index >= 15 is 0 Å². The highest BCUT2D eigenvalue weighted by atomic mass is 15.6. The Morgan fingerprint density at radius 1 is 1.03 bits per heavy atom. The van der Waals surface area contributed by atoms with Gasteiger partial charge in [-0.15, -0.1) is 9.89 Å². The van der Waals surface area contributed by atoms with Gasteiger partial charge < -0.3 is 4.90 Å². The van der Waals surface area contributed by atoms with Crippen LogP contribution in [-0.2, 0) is 7.05 Å². The number of aryl methyl sites for hydroxylation is 3. The second-order valence-corrected chi connectivity index (χ2v) is 7.23. The lowest BCUT2D eigenvalue weighted by atomic mass is 10.1. The molecular weight excluding hydrogens is 364 g/mol. The fourth-order valence-corrected chi connectivity index (χ4v) is 3.45. The molecule has 0 N–H and O–H groups in total. The third kappa shape index (κ3) is 3.35. The monoisotopic (exact) mass is 390 g/mol. The summed E-state index contributed by atoms with van der Waals surface area (Å²) in [5.41, 5.74) is 6.58. The summed E-state index contributed by atoms with van der Waals surface area (Å²) < 4.78 is 1.81. The van der Waals surface area contributed by atoms with Crippen molar-refractivity contribution in [1.29, 1.82) is 0 Å². The predicted octanol–water partition coefficient (Wildman–Crippen LogP) is 3.50. The Balaban J connectivity index is 1.71. The van der Waals surface area contributed by atoms with Gasteiger partial charge in [0.25, 0.3) is 0 Å². The highest BCUT2D eigenvalue weighted by Crippen LogP contribution is 2.27. The maximum atomic E-state index is 4.88. The Hall–Kier alpha value is -3.29. The van der Waals surface area contributed by atoms with Crippen molar-refractivity contribution in [3.63, 3.8) is 0 Å². The van der Waals surface area contributed by atoms with Gasteiger partial charge >= 0.3 is 0 Å². The quantitative estimate of drug-likeness (QED) is 0.668. The third-order valence-electron chi connectivity index (χ3n) is 5.27. The van der Waals surface area contributed by atoms with Crippen molar-refractivity contribution in [3.05, 3.63) is 41.3 Å². The minimum Gasteiger partial charge on any atom is -0.372 e. The van der Waals surface area contributed by atoms with E-state index in [1.165, 1.54) is 5.69 Å². The van der Waals surface area contributed by atoms with Gasteiger partial charge in [0, 0.05) is 31.5 Å². The average Bonchev–Trinajstić information content (AvgIpc) is 3.33. The van der Waals surface area contributed by atoms with E-state index in [1.54, 1.807) is 4.79 Å². The summed E-state index contributed by atoms with van der Waals surface area (Å²) in [5, 5.41) is 13.5. The smallest absolute Gasteiger partial charge is 0.204 e. The van der Waals surface area contributed by atoms with Crippen LogP contribution < -0.4 is 4.90 Å². The molecule has 2 aromatic heterocycles. The topological polar surface area (TPSA) is 76.5 Å². The van der Waals surface area contributed by atoms with Gasteiger partial charge in [-0.2, -0.15) is 10.2 Å². The summed E-state index contributed by atoms with van der Waals surface area (Å²) in [6.07, 6.45) is 0. The van der Waals surface area contributed by atoms with E-state index in [0.29, 0.717) is 11.6 Å². The number of nitrogens with zero attached hydrogens (tertiary/aromatic N) is 8. The van der Waals surface area contributed by atoms with Crippen LogP contribution in [0.15, 0.2) is 34.4 Å². The Bertz CT molecular complexity index is 1110. The van der Waals surface area contributed by atoms with Crippen LogP contribution in [0.1, 0.15) is 37.9 Å². The van der Waals surface area contributed by atoms with Gasteiger partial charge in [0.05, 0.1) is 11.4 Å². The van der Waals surface area contributed by atoms with Crippen LogP contribution in [0.4, 0.5) is 11.4 Å². The second kappa shape index (κ2) is 7.27. The van der Waals surface area contributed by atoms with Crippen LogP contribution >= 0.6 is 0 Å². The average molecular weight is 390 g/mol. The molecule has 0 saturated heterocycles. The number of hydrogen-bond donors (Lipinski definition) is 0. The molecule has 3 aromatic rings. The maximum Gasteiger partial charge on any atom is 0.204 e. The van der Waals surface area contributed by atoms with Gasteiger partial charge in [-0.3, -0.25) is 4.68 Å². The van der Waals surface area contributed by atoms with Crippen LogP contribution in [0, 0.1) is 13.8 Å². The number of aliphatic imine (C=N–C) groups is 1. The molecule has 4 rings (SSSR count). The summed E-state index contributed by atoms with van der Waals surface area (Å²) in [7, 11) is 1.91. The lowest BCUT2D eigenvalue weighted by Gasteiger charge is -2.21. The number of anilines is 1. The molecule has 0 unspecified atom stereocenters. The first kappa shape index (κ1) is 19.0. The molecule has 1 aliphatic rings. The molecule has 0 saturated carbocycles. The molecule has 150 valence electrons. The second-order valence-electron chi connectivity index (χ2n) is 7.23. The Labute approximate surface area is 170 Å². The summed E-state index contributed by atoms with van der Waals surface area (Å²) in [5.74, 6) is 1.20. The Kier molecular flexibility index (Phi) is 4.77. The normalized spacial score (nSPS) is 14.4. The molecule has 0 radical (unpaired) electrons. The van der Waals surface area contributed by atoms with Crippen LogP contribution in [0.2, 0.25) is 0 Å². The third-order valence-corrected chi connectivity index (χ3v) is 5.27. The van der Waals surface area contributed by atoms with Gasteiger partial charge in [0.1, 0.15) is 11.4 Å². The van der Waals surface area contributed by atoms with E-state index in [4.69, 9.17) is 4.99 Å². The lowest BCUT2D eigenvalue weighted by Crippen LogP contribution is -2.21. The standard InChI is InChI=1S/C21H26N8/c1-7-28(8-2)16-9-10-17(13(3)11-16)22-19-15(5)24-29-21(19)23-20(26-29)18-12-14(4)27(6)25-18/h9-12H,7-8H2,1-6H3. The zero-order valence-corrected chi connectivity index (χ0v) is 17.8. The molecular formula is C21H26N8. The van der Waals surface area contributed by atoms with Crippen LogP contribution in [0.25, 0.3) is 11.5 Å². The van der Waals surface area contributed by atoms with E-state index in [-0.39, 0.29) is 0 Å². The molecule has 0 bridgehead atoms. The van der Waals surface area contributed by atoms with Crippen molar-refractivity contribution in [3.8, 4) is 11.5 Å². The van der Waals surface area contributed by atoms with Gasteiger partial charge in [-0.05, 0) is 64.4 Å². The molecule has 0 fully saturated rings. The first-order chi connectivity index (χ1) is 13.9. The first-order valence-corrected chi connectivity index (χ1v) is 9.90. The van der Waals surface area contributed by atoms with Crippen molar-refractivity contribution >= 4 is 22.8 Å². The van der Waals surface area contributed by atoms with E-state index in [1.807, 2.05) is 31.6 Å². The van der Waals surface area contributed by atoms with Crippen molar-refractivity contribution in [1.82, 2.24) is 24.7 Å². The van der Waals surface area contributed by atoms with Crippen molar-refractivity contribution in [2.75, 3.05) is 18.0 Å². The van der Waals surface area contributed by atoms with Crippen molar-refractivity contribution in [2.45, 2.75) is 34.6 Å². The van der Waals surface area contributed by atoms with E-state index < -0.39 is 0 Å². The fraction of sp³-hybridized carbons (Fsp3) is 0.381. The number of fused-ring (bicyclic) bond motifs is 1. The van der Waals surface area contributed by atoms with Crippen molar-refractivity contribution in [2.24, 2.45) is 17.1 Å². The zero-order valence-electron chi connectivity index (χ0n) is 17.8. The molecule has 1 aromatic carbocycles. The predicted molar refractivity (Wildman–Crippen MR) is 116 cm³/mol. The van der Waals surface area contributed by atoms with Gasteiger partial charge in [-0.1, -0.05) is 0 Å². The molecule has 0 spiro atoms. The van der Waals surface area contributed by atoms with E-state index in [2.05, 4.69) is 64.2 Å². The summed E-state index contributed by atoms with van der Waals surface area (Å²) in [6, 6.07) is 8.33. The Morgan fingerprint density at radius 3 is 2.41 bits per heavy atom. The number of hydrogen-bond acceptors (Lipinski definition) is 6. The summed E-state index contributed by atoms with van der Waals surface area (Å²) in [4.78, 5) is 13.4.